The molecule has 23 heavy (non-hydrogen) atoms. The van der Waals surface area contributed by atoms with Crippen molar-refractivity contribution in [3.05, 3.63) is 47.2 Å². The molecule has 1 unspecified atom stereocenters. The van der Waals surface area contributed by atoms with Crippen molar-refractivity contribution in [3.63, 3.8) is 0 Å². The van der Waals surface area contributed by atoms with Gasteiger partial charge in [0.2, 0.25) is 11.6 Å². The van der Waals surface area contributed by atoms with Crippen LogP contribution < -0.4 is 10.6 Å². The van der Waals surface area contributed by atoms with Gasteiger partial charge in [-0.2, -0.15) is 0 Å². The van der Waals surface area contributed by atoms with Crippen molar-refractivity contribution in [2.75, 3.05) is 10.6 Å². The van der Waals surface area contributed by atoms with E-state index in [0.717, 1.165) is 23.3 Å². The highest BCUT2D eigenvalue weighted by Crippen LogP contribution is 2.44. The Labute approximate surface area is 133 Å². The number of fused-ring (bicyclic) bond motifs is 1. The Bertz CT molecular complexity index is 792. The summed E-state index contributed by atoms with van der Waals surface area (Å²) in [4.78, 5) is 12.9. The van der Waals surface area contributed by atoms with Crippen LogP contribution >= 0.6 is 0 Å². The lowest BCUT2D eigenvalue weighted by molar-refractivity contribution is -0.118. The molecule has 1 aliphatic heterocycles. The van der Waals surface area contributed by atoms with E-state index in [0.29, 0.717) is 18.1 Å². The molecule has 0 saturated heterocycles. The highest BCUT2D eigenvalue weighted by Gasteiger charge is 2.39. The third-order valence-corrected chi connectivity index (χ3v) is 4.38. The molecule has 4 rings (SSSR count). The van der Waals surface area contributed by atoms with Crippen LogP contribution in [0.25, 0.3) is 0 Å². The molecule has 1 aromatic heterocycles. The predicted octanol–water partition coefficient (Wildman–Crippen LogP) is 3.29. The first-order valence-corrected chi connectivity index (χ1v) is 7.71. The number of rotatable bonds is 1. The van der Waals surface area contributed by atoms with E-state index < -0.39 is 0 Å². The van der Waals surface area contributed by atoms with Crippen LogP contribution in [0.2, 0.25) is 0 Å². The molecular formula is C17H18N4O2. The largest absolute Gasteiger partial charge is 0.353 e. The van der Waals surface area contributed by atoms with Gasteiger partial charge in [0.05, 0.1) is 6.04 Å². The van der Waals surface area contributed by atoms with E-state index >= 15 is 0 Å². The van der Waals surface area contributed by atoms with Gasteiger partial charge >= 0.3 is 0 Å². The zero-order chi connectivity index (χ0) is 16.0. The van der Waals surface area contributed by atoms with E-state index in [-0.39, 0.29) is 17.2 Å². The van der Waals surface area contributed by atoms with Crippen LogP contribution in [0.1, 0.15) is 38.3 Å². The second-order valence-corrected chi connectivity index (χ2v) is 6.91. The fourth-order valence-corrected chi connectivity index (χ4v) is 3.39. The maximum atomic E-state index is 12.9. The van der Waals surface area contributed by atoms with E-state index in [2.05, 4.69) is 34.8 Å². The van der Waals surface area contributed by atoms with Gasteiger partial charge in [-0.05, 0) is 27.7 Å². The molecular weight excluding hydrogens is 292 g/mol. The maximum Gasteiger partial charge on any atom is 0.219 e. The second-order valence-electron chi connectivity index (χ2n) is 6.91. The molecule has 2 aliphatic rings. The summed E-state index contributed by atoms with van der Waals surface area (Å²) in [6, 6.07) is 9.66. The van der Waals surface area contributed by atoms with E-state index in [1.54, 1.807) is 0 Å². The minimum absolute atomic E-state index is 0.0776. The van der Waals surface area contributed by atoms with Gasteiger partial charge < -0.3 is 10.6 Å². The summed E-state index contributed by atoms with van der Waals surface area (Å²) in [6.45, 7) is 4.21. The average Bonchev–Trinajstić information content (AvgIpc) is 2.86. The number of aromatic nitrogens is 2. The van der Waals surface area contributed by atoms with Crippen LogP contribution in [0.5, 0.6) is 0 Å². The molecule has 6 nitrogen and oxygen atoms in total. The van der Waals surface area contributed by atoms with Gasteiger partial charge in [0.1, 0.15) is 0 Å². The molecule has 1 atom stereocenters. The standard InChI is InChI=1S/C17H18N4O2/c1-17(2)8-11-13(12(22)9-17)14(10-6-4-3-5-7-10)19-16-15(18-11)20-23-21-16/h3-7,14H,8-9H2,1-2H3,(H,18,20)(H,19,21). The second kappa shape index (κ2) is 4.94. The maximum absolute atomic E-state index is 12.9. The molecule has 0 saturated carbocycles. The van der Waals surface area contributed by atoms with Crippen molar-refractivity contribution in [1.29, 1.82) is 0 Å². The van der Waals surface area contributed by atoms with Crippen molar-refractivity contribution in [3.8, 4) is 0 Å². The minimum Gasteiger partial charge on any atom is -0.353 e. The van der Waals surface area contributed by atoms with Gasteiger partial charge in [-0.1, -0.05) is 44.2 Å². The fraction of sp³-hybridized carbons (Fsp3) is 0.353. The zero-order valence-corrected chi connectivity index (χ0v) is 13.1. The molecule has 1 aliphatic carbocycles. The van der Waals surface area contributed by atoms with Crippen molar-refractivity contribution in [2.45, 2.75) is 32.7 Å². The van der Waals surface area contributed by atoms with E-state index in [9.17, 15) is 4.79 Å². The number of nitrogens with zero attached hydrogens (tertiary/aromatic N) is 2. The molecule has 0 spiro atoms. The van der Waals surface area contributed by atoms with Crippen LogP contribution in [0.15, 0.2) is 46.2 Å². The van der Waals surface area contributed by atoms with Gasteiger partial charge in [0, 0.05) is 17.7 Å². The van der Waals surface area contributed by atoms with Crippen LogP contribution in [0.3, 0.4) is 0 Å². The first kappa shape index (κ1) is 14.0. The Morgan fingerprint density at radius 1 is 1.13 bits per heavy atom. The normalized spacial score (nSPS) is 22.5. The highest BCUT2D eigenvalue weighted by molar-refractivity contribution is 6.00. The molecule has 0 fully saturated rings. The number of Topliss-reactive ketones (excluding diaryl/α,β-unsaturated/α-hetero) is 1. The van der Waals surface area contributed by atoms with Gasteiger partial charge in [-0.25, -0.2) is 4.63 Å². The molecule has 0 amide bonds. The van der Waals surface area contributed by atoms with Crippen molar-refractivity contribution >= 4 is 17.4 Å². The number of hydrogen-bond acceptors (Lipinski definition) is 6. The lowest BCUT2D eigenvalue weighted by atomic mass is 9.73. The van der Waals surface area contributed by atoms with Gasteiger partial charge in [0.15, 0.2) is 5.78 Å². The summed E-state index contributed by atoms with van der Waals surface area (Å²) in [6.07, 6.45) is 1.32. The Hall–Kier alpha value is -2.63. The molecule has 0 bridgehead atoms. The summed E-state index contributed by atoms with van der Waals surface area (Å²) < 4.78 is 4.83. The van der Waals surface area contributed by atoms with Crippen LogP contribution in [0, 0.1) is 5.41 Å². The number of ketones is 1. The summed E-state index contributed by atoms with van der Waals surface area (Å²) in [5.74, 6) is 1.22. The van der Waals surface area contributed by atoms with E-state index in [1.165, 1.54) is 0 Å². The first-order valence-electron chi connectivity index (χ1n) is 7.71. The number of carbonyl (C=O) groups excluding carboxylic acids is 1. The summed E-state index contributed by atoms with van der Waals surface area (Å²) in [5.41, 5.74) is 2.62. The predicted molar refractivity (Wildman–Crippen MR) is 85.8 cm³/mol. The number of benzene rings is 1. The number of allylic oxidation sites excluding steroid dienone is 1. The topological polar surface area (TPSA) is 80.1 Å². The van der Waals surface area contributed by atoms with E-state index in [1.807, 2.05) is 30.3 Å². The van der Waals surface area contributed by atoms with Gasteiger partial charge in [-0.15, -0.1) is 0 Å². The van der Waals surface area contributed by atoms with Crippen LogP contribution in [-0.4, -0.2) is 16.1 Å². The molecule has 0 radical (unpaired) electrons. The average molecular weight is 310 g/mol. The molecule has 2 aromatic rings. The molecule has 2 heterocycles. The monoisotopic (exact) mass is 310 g/mol. The lowest BCUT2D eigenvalue weighted by Gasteiger charge is -2.33. The molecule has 1 aromatic carbocycles. The summed E-state index contributed by atoms with van der Waals surface area (Å²) >= 11 is 0. The van der Waals surface area contributed by atoms with Crippen molar-refractivity contribution < 1.29 is 9.42 Å². The molecule has 6 heteroatoms. The van der Waals surface area contributed by atoms with Crippen molar-refractivity contribution in [1.82, 2.24) is 10.3 Å². The zero-order valence-electron chi connectivity index (χ0n) is 13.1. The molecule has 118 valence electrons. The highest BCUT2D eigenvalue weighted by atomic mass is 16.6. The van der Waals surface area contributed by atoms with E-state index in [4.69, 9.17) is 4.63 Å². The third kappa shape index (κ3) is 2.40. The minimum atomic E-state index is -0.254. The smallest absolute Gasteiger partial charge is 0.219 e. The Kier molecular flexibility index (Phi) is 3.01. The lowest BCUT2D eigenvalue weighted by Crippen LogP contribution is -2.31. The molecule has 2 N–H and O–H groups in total. The number of anilines is 2. The van der Waals surface area contributed by atoms with Gasteiger partial charge in [0.25, 0.3) is 0 Å². The van der Waals surface area contributed by atoms with Gasteiger partial charge in [-0.3, -0.25) is 4.79 Å². The Morgan fingerprint density at radius 2 is 1.87 bits per heavy atom. The Morgan fingerprint density at radius 3 is 2.65 bits per heavy atom. The summed E-state index contributed by atoms with van der Waals surface area (Å²) in [5, 5.41) is 14.4. The van der Waals surface area contributed by atoms with Crippen LogP contribution in [0.4, 0.5) is 11.6 Å². The fourth-order valence-electron chi connectivity index (χ4n) is 3.39. The number of carbonyl (C=O) groups is 1. The Balaban J connectivity index is 1.88. The SMILES string of the molecule is CC1(C)CC(=O)C2=C(C1)Nc1nonc1NC2c1ccccc1. The first-order chi connectivity index (χ1) is 11.0. The van der Waals surface area contributed by atoms with Crippen LogP contribution in [-0.2, 0) is 4.79 Å². The van der Waals surface area contributed by atoms with Crippen molar-refractivity contribution in [2.24, 2.45) is 5.41 Å². The number of nitrogens with one attached hydrogen (secondary N) is 2. The third-order valence-electron chi connectivity index (χ3n) is 4.38. The summed E-state index contributed by atoms with van der Waals surface area (Å²) in [7, 11) is 0. The number of hydrogen-bond donors (Lipinski definition) is 2. The quantitative estimate of drug-likeness (QED) is 0.841.